The van der Waals surface area contributed by atoms with Gasteiger partial charge in [0.05, 0.1) is 5.69 Å². The second-order valence-electron chi connectivity index (χ2n) is 3.68. The van der Waals surface area contributed by atoms with Crippen molar-refractivity contribution >= 4 is 27.7 Å². The Kier molecular flexibility index (Phi) is 3.91. The zero-order valence-electron chi connectivity index (χ0n) is 9.66. The Labute approximate surface area is 113 Å². The molecule has 2 aromatic rings. The van der Waals surface area contributed by atoms with Gasteiger partial charge in [-0.1, -0.05) is 15.9 Å². The van der Waals surface area contributed by atoms with Crippen molar-refractivity contribution < 1.29 is 4.42 Å². The highest BCUT2D eigenvalue weighted by Gasteiger charge is 2.10. The van der Waals surface area contributed by atoms with Crippen LogP contribution in [-0.4, -0.2) is 4.98 Å². The van der Waals surface area contributed by atoms with Crippen LogP contribution in [0, 0.1) is 13.8 Å². The van der Waals surface area contributed by atoms with E-state index < -0.39 is 0 Å². The number of hydrogen-bond acceptors (Lipinski definition) is 4. The van der Waals surface area contributed by atoms with Gasteiger partial charge in [-0.3, -0.25) is 0 Å². The van der Waals surface area contributed by atoms with Crippen molar-refractivity contribution in [3.63, 3.8) is 0 Å². The van der Waals surface area contributed by atoms with Gasteiger partial charge in [-0.15, -0.1) is 0 Å². The molecule has 0 atom stereocenters. The highest BCUT2D eigenvalue weighted by atomic mass is 79.9. The molecule has 90 valence electrons. The normalized spacial score (nSPS) is 10.8. The van der Waals surface area contributed by atoms with Gasteiger partial charge in [0.1, 0.15) is 5.76 Å². The number of benzene rings is 1. The number of nitrogens with two attached hydrogens (primary N) is 1. The summed E-state index contributed by atoms with van der Waals surface area (Å²) < 4.78 is 6.58. The number of halogens is 1. The zero-order chi connectivity index (χ0) is 12.4. The lowest BCUT2D eigenvalue weighted by Gasteiger charge is -2.05. The van der Waals surface area contributed by atoms with Gasteiger partial charge in [-0.05, 0) is 49.4 Å². The maximum atomic E-state index is 5.72. The molecule has 1 heterocycles. The number of rotatable bonds is 3. The molecule has 3 nitrogen and oxygen atoms in total. The second-order valence-corrected chi connectivity index (χ2v) is 5.59. The van der Waals surface area contributed by atoms with Gasteiger partial charge in [-0.25, -0.2) is 4.98 Å². The summed E-state index contributed by atoms with van der Waals surface area (Å²) in [4.78, 5) is 5.43. The molecule has 0 aliphatic heterocycles. The monoisotopic (exact) mass is 312 g/mol. The molecule has 0 saturated heterocycles. The topological polar surface area (TPSA) is 52.0 Å². The summed E-state index contributed by atoms with van der Waals surface area (Å²) in [7, 11) is 0. The van der Waals surface area contributed by atoms with E-state index in [1.54, 1.807) is 0 Å². The first kappa shape index (κ1) is 12.7. The molecule has 2 N–H and O–H groups in total. The smallest absolute Gasteiger partial charge is 0.261 e. The van der Waals surface area contributed by atoms with E-state index in [-0.39, 0.29) is 0 Å². The predicted molar refractivity (Wildman–Crippen MR) is 72.1 cm³/mol. The van der Waals surface area contributed by atoms with E-state index in [4.69, 9.17) is 10.2 Å². The Morgan fingerprint density at radius 2 is 2.18 bits per heavy atom. The second kappa shape index (κ2) is 5.25. The minimum absolute atomic E-state index is 0.500. The summed E-state index contributed by atoms with van der Waals surface area (Å²) in [5.41, 5.74) is 7.73. The van der Waals surface area contributed by atoms with E-state index in [0.29, 0.717) is 11.8 Å². The molecule has 5 heteroatoms. The molecule has 1 aromatic heterocycles. The molecule has 0 fully saturated rings. The molecule has 2 rings (SSSR count). The molecule has 0 unspecified atom stereocenters. The first-order chi connectivity index (χ1) is 8.10. The fourth-order valence-electron chi connectivity index (χ4n) is 1.39. The molecule has 0 spiro atoms. The maximum absolute atomic E-state index is 5.72. The molecule has 0 amide bonds. The van der Waals surface area contributed by atoms with Gasteiger partial charge >= 0.3 is 0 Å². The Morgan fingerprint density at radius 3 is 2.76 bits per heavy atom. The van der Waals surface area contributed by atoms with Gasteiger partial charge in [0, 0.05) is 15.9 Å². The predicted octanol–water partition coefficient (Wildman–Crippen LogP) is 3.66. The summed E-state index contributed by atoms with van der Waals surface area (Å²) >= 11 is 4.94. The molecule has 0 aliphatic carbocycles. The molecule has 1 aromatic carbocycles. The lowest BCUT2D eigenvalue weighted by molar-refractivity contribution is 0.431. The van der Waals surface area contributed by atoms with Crippen LogP contribution < -0.4 is 5.73 Å². The summed E-state index contributed by atoms with van der Waals surface area (Å²) in [6.45, 7) is 4.35. The molecule has 0 aliphatic rings. The van der Waals surface area contributed by atoms with Gasteiger partial charge in [-0.2, -0.15) is 0 Å². The third-order valence-electron chi connectivity index (χ3n) is 2.45. The number of oxazole rings is 1. The van der Waals surface area contributed by atoms with E-state index in [1.165, 1.54) is 11.8 Å². The van der Waals surface area contributed by atoms with Gasteiger partial charge in [0.15, 0.2) is 0 Å². The zero-order valence-corrected chi connectivity index (χ0v) is 12.1. The summed E-state index contributed by atoms with van der Waals surface area (Å²) in [5, 5.41) is 0.664. The highest BCUT2D eigenvalue weighted by molar-refractivity contribution is 9.10. The van der Waals surface area contributed by atoms with E-state index in [0.717, 1.165) is 26.4 Å². The Bertz CT molecular complexity index is 520. The van der Waals surface area contributed by atoms with Gasteiger partial charge in [0.2, 0.25) is 0 Å². The summed E-state index contributed by atoms with van der Waals surface area (Å²) in [6, 6.07) is 6.03. The molecular weight excluding hydrogens is 300 g/mol. The van der Waals surface area contributed by atoms with Crippen molar-refractivity contribution in [3.05, 3.63) is 39.7 Å². The van der Waals surface area contributed by atoms with Crippen LogP contribution in [0.15, 0.2) is 37.2 Å². The molecule has 0 radical (unpaired) electrons. The number of aryl methyl sites for hydroxylation is 2. The third-order valence-corrected chi connectivity index (χ3v) is 3.91. The molecule has 0 bridgehead atoms. The fourth-order valence-corrected chi connectivity index (χ4v) is 2.74. The van der Waals surface area contributed by atoms with Crippen molar-refractivity contribution in [1.82, 2.24) is 4.98 Å². The highest BCUT2D eigenvalue weighted by Crippen LogP contribution is 2.32. The first-order valence-corrected chi connectivity index (χ1v) is 6.81. The Balaban J connectivity index is 2.29. The largest absolute Gasteiger partial charge is 0.436 e. The standard InChI is InChI=1S/C12H13BrN2OS/c1-7-8(2)16-12(15-7)17-11-4-3-10(13)5-9(11)6-14/h3-5H,6,14H2,1-2H3. The fraction of sp³-hybridized carbons (Fsp3) is 0.250. The Hall–Kier alpha value is -0.780. The van der Waals surface area contributed by atoms with Crippen molar-refractivity contribution in [1.29, 1.82) is 0 Å². The van der Waals surface area contributed by atoms with E-state index >= 15 is 0 Å². The molecule has 0 saturated carbocycles. The quantitative estimate of drug-likeness (QED) is 0.939. The van der Waals surface area contributed by atoms with Crippen LogP contribution in [0.4, 0.5) is 0 Å². The van der Waals surface area contributed by atoms with Crippen LogP contribution in [-0.2, 0) is 6.54 Å². The maximum Gasteiger partial charge on any atom is 0.261 e. The van der Waals surface area contributed by atoms with Crippen LogP contribution in [0.5, 0.6) is 0 Å². The Morgan fingerprint density at radius 1 is 1.41 bits per heavy atom. The molecular formula is C12H13BrN2OS. The van der Waals surface area contributed by atoms with Crippen LogP contribution in [0.2, 0.25) is 0 Å². The molecule has 17 heavy (non-hydrogen) atoms. The van der Waals surface area contributed by atoms with E-state index in [1.807, 2.05) is 32.0 Å². The lowest BCUT2D eigenvalue weighted by Crippen LogP contribution is -1.98. The number of aromatic nitrogens is 1. The minimum atomic E-state index is 0.500. The third kappa shape index (κ3) is 2.91. The van der Waals surface area contributed by atoms with Crippen LogP contribution >= 0.6 is 27.7 Å². The summed E-state index contributed by atoms with van der Waals surface area (Å²) in [5.74, 6) is 0.860. The number of nitrogens with zero attached hydrogens (tertiary/aromatic N) is 1. The number of hydrogen-bond donors (Lipinski definition) is 1. The van der Waals surface area contributed by atoms with Crippen molar-refractivity contribution in [2.75, 3.05) is 0 Å². The van der Waals surface area contributed by atoms with E-state index in [2.05, 4.69) is 20.9 Å². The SMILES string of the molecule is Cc1nc(Sc2ccc(Br)cc2CN)oc1C. The minimum Gasteiger partial charge on any atom is -0.436 e. The van der Waals surface area contributed by atoms with Crippen molar-refractivity contribution in [3.8, 4) is 0 Å². The van der Waals surface area contributed by atoms with Crippen LogP contribution in [0.3, 0.4) is 0 Å². The summed E-state index contributed by atoms with van der Waals surface area (Å²) in [6.07, 6.45) is 0. The average molecular weight is 313 g/mol. The van der Waals surface area contributed by atoms with Gasteiger partial charge < -0.3 is 10.2 Å². The first-order valence-electron chi connectivity index (χ1n) is 5.20. The van der Waals surface area contributed by atoms with Crippen molar-refractivity contribution in [2.24, 2.45) is 5.73 Å². The van der Waals surface area contributed by atoms with Crippen LogP contribution in [0.1, 0.15) is 17.0 Å². The van der Waals surface area contributed by atoms with E-state index in [9.17, 15) is 0 Å². The average Bonchev–Trinajstić information content (AvgIpc) is 2.60. The van der Waals surface area contributed by atoms with Crippen molar-refractivity contribution in [2.45, 2.75) is 30.5 Å². The lowest BCUT2D eigenvalue weighted by atomic mass is 10.2. The van der Waals surface area contributed by atoms with Gasteiger partial charge in [0.25, 0.3) is 5.22 Å². The van der Waals surface area contributed by atoms with Crippen LogP contribution in [0.25, 0.3) is 0 Å².